The average Bonchev–Trinajstić information content (AvgIpc) is 3.05. The highest BCUT2D eigenvalue weighted by atomic mass is 16.1. The minimum Gasteiger partial charge on any atom is -0.293 e. The summed E-state index contributed by atoms with van der Waals surface area (Å²) in [4.78, 5) is 17.1. The number of para-hydroxylation sites is 1. The van der Waals surface area contributed by atoms with E-state index in [0.29, 0.717) is 5.82 Å². The fourth-order valence-corrected chi connectivity index (χ4v) is 4.64. The normalized spacial score (nSPS) is 26.9. The van der Waals surface area contributed by atoms with Crippen LogP contribution in [0.1, 0.15) is 37.5 Å². The predicted molar refractivity (Wildman–Crippen MR) is 95.3 cm³/mol. The van der Waals surface area contributed by atoms with Crippen LogP contribution in [0.4, 0.5) is 0 Å². The Kier molecular flexibility index (Phi) is 3.56. The fourth-order valence-electron chi connectivity index (χ4n) is 4.64. The summed E-state index contributed by atoms with van der Waals surface area (Å²) >= 11 is 0. The molecule has 0 unspecified atom stereocenters. The Hall–Kier alpha value is -3.18. The van der Waals surface area contributed by atoms with Crippen molar-refractivity contribution >= 4 is 5.78 Å². The van der Waals surface area contributed by atoms with E-state index in [-0.39, 0.29) is 23.2 Å². The Morgan fingerprint density at radius 1 is 1.23 bits per heavy atom. The fraction of sp³-hybridized carbons (Fsp3) is 0.333. The number of fused-ring (bicyclic) bond motifs is 3. The van der Waals surface area contributed by atoms with Gasteiger partial charge in [-0.25, -0.2) is 4.98 Å². The first-order chi connectivity index (χ1) is 12.5. The van der Waals surface area contributed by atoms with Crippen molar-refractivity contribution in [2.75, 3.05) is 0 Å². The summed E-state index contributed by atoms with van der Waals surface area (Å²) in [6.45, 7) is 3.94. The van der Waals surface area contributed by atoms with Crippen molar-refractivity contribution in [3.05, 3.63) is 59.2 Å². The quantitative estimate of drug-likeness (QED) is 0.796. The number of nitrogens with zero attached hydrogens (tertiary/aromatic N) is 4. The van der Waals surface area contributed by atoms with Gasteiger partial charge < -0.3 is 0 Å². The van der Waals surface area contributed by atoms with E-state index in [2.05, 4.69) is 17.1 Å². The highest BCUT2D eigenvalue weighted by Gasteiger charge is 2.50. The number of carbonyl (C=O) groups is 1. The molecular formula is C21H18N4O. The summed E-state index contributed by atoms with van der Waals surface area (Å²) in [6, 6.07) is 14.0. The third-order valence-electron chi connectivity index (χ3n) is 5.91. The maximum atomic E-state index is 12.4. The third-order valence-corrected chi connectivity index (χ3v) is 5.91. The zero-order chi connectivity index (χ0) is 18.5. The van der Waals surface area contributed by atoms with Crippen LogP contribution in [-0.4, -0.2) is 15.3 Å². The van der Waals surface area contributed by atoms with E-state index in [4.69, 9.17) is 0 Å². The zero-order valence-corrected chi connectivity index (χ0v) is 14.7. The van der Waals surface area contributed by atoms with E-state index < -0.39 is 5.41 Å². The lowest BCUT2D eigenvalue weighted by molar-refractivity contribution is -0.121. The van der Waals surface area contributed by atoms with Gasteiger partial charge in [0.05, 0.1) is 11.3 Å². The lowest BCUT2D eigenvalue weighted by atomic mass is 9.58. The summed E-state index contributed by atoms with van der Waals surface area (Å²) in [5.41, 5.74) is 2.42. The van der Waals surface area contributed by atoms with Crippen LogP contribution >= 0.6 is 0 Å². The first kappa shape index (κ1) is 16.3. The number of ketones is 1. The molecule has 0 radical (unpaired) electrons. The van der Waals surface area contributed by atoms with E-state index in [0.717, 1.165) is 29.9 Å². The van der Waals surface area contributed by atoms with Gasteiger partial charge in [-0.2, -0.15) is 10.5 Å². The van der Waals surface area contributed by atoms with Gasteiger partial charge in [0.25, 0.3) is 0 Å². The molecule has 1 aromatic carbocycles. The summed E-state index contributed by atoms with van der Waals surface area (Å²) in [5.74, 6) is 0.131. The number of hydrogen-bond acceptors (Lipinski definition) is 4. The molecule has 0 saturated heterocycles. The molecule has 2 aromatic rings. The molecule has 1 aromatic heterocycles. The minimum atomic E-state index is -0.516. The van der Waals surface area contributed by atoms with Gasteiger partial charge in [0, 0.05) is 22.7 Å². The topological polar surface area (TPSA) is 82.5 Å². The number of allylic oxidation sites excluding steroid dienone is 2. The molecule has 0 fully saturated rings. The summed E-state index contributed by atoms with van der Waals surface area (Å²) in [5, 5.41) is 19.0. The van der Waals surface area contributed by atoms with Gasteiger partial charge in [-0.05, 0) is 30.9 Å². The van der Waals surface area contributed by atoms with Gasteiger partial charge in [0.1, 0.15) is 12.1 Å². The second-order valence-electron chi connectivity index (χ2n) is 7.26. The molecule has 3 atom stereocenters. The number of Topliss-reactive ketones (excluding diaryl/α,β-unsaturated/α-hetero) is 1. The van der Waals surface area contributed by atoms with Crippen LogP contribution in [0.15, 0.2) is 42.0 Å². The molecule has 5 nitrogen and oxygen atoms in total. The van der Waals surface area contributed by atoms with E-state index in [1.807, 2.05) is 48.7 Å². The molecule has 0 N–H and O–H groups in total. The molecule has 0 amide bonds. The monoisotopic (exact) mass is 342 g/mol. The molecule has 0 spiro atoms. The number of imidazole rings is 1. The third kappa shape index (κ3) is 2.07. The van der Waals surface area contributed by atoms with E-state index in [1.54, 1.807) is 6.08 Å². The molecule has 4 rings (SSSR count). The summed E-state index contributed by atoms with van der Waals surface area (Å²) < 4.78 is 1.91. The second kappa shape index (κ2) is 5.68. The van der Waals surface area contributed by atoms with E-state index >= 15 is 0 Å². The average molecular weight is 342 g/mol. The first-order valence-electron chi connectivity index (χ1n) is 8.76. The number of aromatic nitrogens is 2. The molecule has 26 heavy (non-hydrogen) atoms. The number of hydrogen-bond donors (Lipinski definition) is 0. The Morgan fingerprint density at radius 3 is 2.62 bits per heavy atom. The van der Waals surface area contributed by atoms with Crippen molar-refractivity contribution in [3.63, 3.8) is 0 Å². The van der Waals surface area contributed by atoms with Crippen molar-refractivity contribution in [1.29, 1.82) is 10.5 Å². The Bertz CT molecular complexity index is 1020. The molecular weight excluding hydrogens is 324 g/mol. The smallest absolute Gasteiger partial charge is 0.217 e. The lowest BCUT2D eigenvalue weighted by Gasteiger charge is -2.44. The SMILES string of the molecule is C[C@@H]1C(=O)C(C#N)=C[C@]2(C)c3nc(C#N)n(-c4ccccc4)c3CC[C@@H]12. The van der Waals surface area contributed by atoms with Gasteiger partial charge in [0.15, 0.2) is 5.78 Å². The molecule has 2 aliphatic rings. The Morgan fingerprint density at radius 2 is 1.96 bits per heavy atom. The first-order valence-corrected chi connectivity index (χ1v) is 8.76. The maximum Gasteiger partial charge on any atom is 0.217 e. The van der Waals surface area contributed by atoms with Crippen LogP contribution in [0, 0.1) is 34.5 Å². The largest absolute Gasteiger partial charge is 0.293 e. The van der Waals surface area contributed by atoms with Crippen molar-refractivity contribution < 1.29 is 4.79 Å². The minimum absolute atomic E-state index is 0.0820. The highest BCUT2D eigenvalue weighted by molar-refractivity contribution is 6.02. The molecule has 128 valence electrons. The van der Waals surface area contributed by atoms with Crippen LogP contribution in [0.2, 0.25) is 0 Å². The maximum absolute atomic E-state index is 12.4. The lowest BCUT2D eigenvalue weighted by Crippen LogP contribution is -2.45. The Balaban J connectivity index is 1.98. The molecule has 1 heterocycles. The van der Waals surface area contributed by atoms with Crippen LogP contribution in [-0.2, 0) is 16.6 Å². The number of rotatable bonds is 1. The molecule has 0 saturated carbocycles. The standard InChI is InChI=1S/C21H18N4O/c1-13-16-8-9-17-20(21(16,2)10-14(11-22)19(13)26)24-18(12-23)25(17)15-6-4-3-5-7-15/h3-7,10,13,16H,8-9H2,1-2H3/t13-,16-,21-/m0/s1. The van der Waals surface area contributed by atoms with Crippen LogP contribution in [0.3, 0.4) is 0 Å². The summed E-state index contributed by atoms with van der Waals surface area (Å²) in [7, 11) is 0. The van der Waals surface area contributed by atoms with Crippen molar-refractivity contribution in [2.24, 2.45) is 11.8 Å². The summed E-state index contributed by atoms with van der Waals surface area (Å²) in [6.07, 6.45) is 3.36. The van der Waals surface area contributed by atoms with E-state index in [1.165, 1.54) is 0 Å². The van der Waals surface area contributed by atoms with Gasteiger partial charge in [-0.15, -0.1) is 0 Å². The van der Waals surface area contributed by atoms with Crippen LogP contribution in [0.25, 0.3) is 5.69 Å². The van der Waals surface area contributed by atoms with Crippen LogP contribution in [0.5, 0.6) is 0 Å². The Labute approximate surface area is 152 Å². The van der Waals surface area contributed by atoms with Crippen LogP contribution < -0.4 is 0 Å². The van der Waals surface area contributed by atoms with Crippen molar-refractivity contribution in [2.45, 2.75) is 32.1 Å². The highest BCUT2D eigenvalue weighted by Crippen LogP contribution is 2.49. The van der Waals surface area contributed by atoms with Gasteiger partial charge >= 0.3 is 0 Å². The van der Waals surface area contributed by atoms with Crippen molar-refractivity contribution in [1.82, 2.24) is 9.55 Å². The predicted octanol–water partition coefficient (Wildman–Crippen LogP) is 3.23. The molecule has 2 aliphatic carbocycles. The molecule has 5 heteroatoms. The van der Waals surface area contributed by atoms with E-state index in [9.17, 15) is 15.3 Å². The second-order valence-corrected chi connectivity index (χ2v) is 7.26. The van der Waals surface area contributed by atoms with Gasteiger partial charge in [0.2, 0.25) is 5.82 Å². The zero-order valence-electron chi connectivity index (χ0n) is 14.7. The number of carbonyl (C=O) groups excluding carboxylic acids is 1. The molecule has 0 aliphatic heterocycles. The van der Waals surface area contributed by atoms with Crippen molar-refractivity contribution in [3.8, 4) is 17.8 Å². The number of benzene rings is 1. The number of nitriles is 2. The van der Waals surface area contributed by atoms with Gasteiger partial charge in [-0.1, -0.05) is 38.1 Å². The molecule has 0 bridgehead atoms. The van der Waals surface area contributed by atoms with Gasteiger partial charge in [-0.3, -0.25) is 9.36 Å².